The van der Waals surface area contributed by atoms with Crippen LogP contribution in [0.3, 0.4) is 0 Å². The van der Waals surface area contributed by atoms with Gasteiger partial charge in [-0.05, 0) is 61.0 Å². The molecule has 1 aromatic heterocycles. The van der Waals surface area contributed by atoms with Crippen LogP contribution in [0.4, 0.5) is 5.69 Å². The van der Waals surface area contributed by atoms with Gasteiger partial charge < -0.3 is 9.15 Å². The first-order valence-corrected chi connectivity index (χ1v) is 11.8. The minimum Gasteiger partial charge on any atom is -0.494 e. The average molecular weight is 512 g/mol. The van der Waals surface area contributed by atoms with Crippen LogP contribution in [-0.2, 0) is 4.79 Å². The predicted molar refractivity (Wildman–Crippen MR) is 139 cm³/mol. The molecule has 0 saturated heterocycles. The van der Waals surface area contributed by atoms with E-state index in [-0.39, 0.29) is 5.91 Å². The minimum absolute atomic E-state index is 0.117. The number of hydrogen-bond acceptors (Lipinski definition) is 3. The van der Waals surface area contributed by atoms with Gasteiger partial charge in [0, 0.05) is 21.7 Å². The van der Waals surface area contributed by atoms with Crippen molar-refractivity contribution in [2.24, 2.45) is 0 Å². The molecule has 0 N–H and O–H groups in total. The zero-order valence-electron chi connectivity index (χ0n) is 18.6. The monoisotopic (exact) mass is 511 g/mol. The van der Waals surface area contributed by atoms with Crippen molar-refractivity contribution in [3.05, 3.63) is 118 Å². The molecule has 168 valence electrons. The molecule has 1 amide bonds. The highest BCUT2D eigenvalue weighted by Gasteiger charge is 2.31. The fourth-order valence-corrected chi connectivity index (χ4v) is 4.19. The summed E-state index contributed by atoms with van der Waals surface area (Å²) in [4.78, 5) is 15.3. The molecule has 0 spiro atoms. The molecule has 4 aromatic rings. The second kappa shape index (κ2) is 9.57. The van der Waals surface area contributed by atoms with E-state index in [1.54, 1.807) is 11.0 Å². The standard InChI is InChI=1S/C29H22BrNO3/c1-2-33-25-10-6-9-24(19-25)31-27(20-7-4-3-5-8-20)18-22(29(31)32)17-26-15-16-28(34-26)21-11-13-23(30)14-12-21/h3-19H,2H2,1H3/b22-17-. The molecule has 0 saturated carbocycles. The number of benzene rings is 3. The van der Waals surface area contributed by atoms with Crippen molar-refractivity contribution in [3.8, 4) is 17.1 Å². The topological polar surface area (TPSA) is 42.7 Å². The number of carbonyl (C=O) groups is 1. The Morgan fingerprint density at radius 1 is 0.912 bits per heavy atom. The van der Waals surface area contributed by atoms with Gasteiger partial charge in [-0.3, -0.25) is 9.69 Å². The van der Waals surface area contributed by atoms with Crippen LogP contribution in [0.15, 0.2) is 112 Å². The summed E-state index contributed by atoms with van der Waals surface area (Å²) in [6, 6.07) is 29.2. The Balaban J connectivity index is 1.53. The van der Waals surface area contributed by atoms with E-state index in [9.17, 15) is 4.79 Å². The number of hydrogen-bond donors (Lipinski definition) is 0. The summed E-state index contributed by atoms with van der Waals surface area (Å²) in [5, 5.41) is 0. The molecule has 0 bridgehead atoms. The molecule has 4 nitrogen and oxygen atoms in total. The Hall–Kier alpha value is -3.83. The summed E-state index contributed by atoms with van der Waals surface area (Å²) in [6.07, 6.45) is 3.70. The smallest absolute Gasteiger partial charge is 0.263 e. The third-order valence-electron chi connectivity index (χ3n) is 5.49. The lowest BCUT2D eigenvalue weighted by molar-refractivity contribution is -0.113. The number of rotatable bonds is 6. The molecule has 1 aliphatic heterocycles. The number of furan rings is 1. The van der Waals surface area contributed by atoms with E-state index in [1.807, 2.05) is 104 Å². The van der Waals surface area contributed by atoms with Crippen LogP contribution in [0.2, 0.25) is 0 Å². The number of ether oxygens (including phenoxy) is 1. The van der Waals surface area contributed by atoms with Crippen molar-refractivity contribution >= 4 is 39.3 Å². The van der Waals surface area contributed by atoms with Crippen molar-refractivity contribution in [1.82, 2.24) is 0 Å². The number of amides is 1. The first-order valence-electron chi connectivity index (χ1n) is 11.0. The SMILES string of the molecule is CCOc1cccc(N2C(=O)/C(=C\c3ccc(-c4ccc(Br)cc4)o3)C=C2c2ccccc2)c1. The average Bonchev–Trinajstić information content (AvgIpc) is 3.45. The number of anilines is 1. The first kappa shape index (κ1) is 22.0. The van der Waals surface area contributed by atoms with Gasteiger partial charge in [0.15, 0.2) is 0 Å². The third kappa shape index (κ3) is 4.47. The largest absolute Gasteiger partial charge is 0.494 e. The zero-order valence-corrected chi connectivity index (χ0v) is 20.2. The maximum absolute atomic E-state index is 13.6. The molecule has 0 atom stereocenters. The summed E-state index contributed by atoms with van der Waals surface area (Å²) in [7, 11) is 0. The predicted octanol–water partition coefficient (Wildman–Crippen LogP) is 7.58. The fourth-order valence-electron chi connectivity index (χ4n) is 3.93. The van der Waals surface area contributed by atoms with Crippen LogP contribution < -0.4 is 9.64 Å². The van der Waals surface area contributed by atoms with Crippen LogP contribution in [0.25, 0.3) is 23.1 Å². The Morgan fingerprint density at radius 3 is 2.47 bits per heavy atom. The molecule has 0 unspecified atom stereocenters. The Bertz CT molecular complexity index is 1380. The molecule has 1 aliphatic rings. The van der Waals surface area contributed by atoms with Gasteiger partial charge in [0.25, 0.3) is 5.91 Å². The summed E-state index contributed by atoms with van der Waals surface area (Å²) in [6.45, 7) is 2.50. The van der Waals surface area contributed by atoms with Crippen LogP contribution in [0.1, 0.15) is 18.2 Å². The molecule has 0 radical (unpaired) electrons. The van der Waals surface area contributed by atoms with E-state index in [1.165, 1.54) is 0 Å². The van der Waals surface area contributed by atoms with Crippen LogP contribution >= 0.6 is 15.9 Å². The van der Waals surface area contributed by atoms with Crippen LogP contribution in [0, 0.1) is 0 Å². The molecule has 5 heteroatoms. The minimum atomic E-state index is -0.117. The highest BCUT2D eigenvalue weighted by Crippen LogP contribution is 2.37. The fraction of sp³-hybridized carbons (Fsp3) is 0.0690. The molecule has 0 aliphatic carbocycles. The number of halogens is 1. The van der Waals surface area contributed by atoms with Crippen LogP contribution in [0.5, 0.6) is 5.75 Å². The zero-order chi connectivity index (χ0) is 23.5. The molecular formula is C29H22BrNO3. The molecule has 2 heterocycles. The molecule has 3 aromatic carbocycles. The highest BCUT2D eigenvalue weighted by atomic mass is 79.9. The number of carbonyl (C=O) groups excluding carboxylic acids is 1. The van der Waals surface area contributed by atoms with Crippen molar-refractivity contribution in [2.45, 2.75) is 6.92 Å². The quantitative estimate of drug-likeness (QED) is 0.250. The summed E-state index contributed by atoms with van der Waals surface area (Å²) in [5.74, 6) is 1.98. The van der Waals surface area contributed by atoms with E-state index < -0.39 is 0 Å². The lowest BCUT2D eigenvalue weighted by Crippen LogP contribution is -2.24. The van der Waals surface area contributed by atoms with Crippen molar-refractivity contribution in [3.63, 3.8) is 0 Å². The van der Waals surface area contributed by atoms with E-state index in [0.29, 0.717) is 17.9 Å². The lowest BCUT2D eigenvalue weighted by atomic mass is 10.1. The molecular weight excluding hydrogens is 490 g/mol. The normalized spacial score (nSPS) is 14.5. The Labute approximate surface area is 206 Å². The van der Waals surface area contributed by atoms with Gasteiger partial charge in [0.1, 0.15) is 17.3 Å². The van der Waals surface area contributed by atoms with Gasteiger partial charge in [0.05, 0.1) is 18.0 Å². The molecule has 0 fully saturated rings. The summed E-state index contributed by atoms with van der Waals surface area (Å²) >= 11 is 3.45. The number of nitrogens with zero attached hydrogens (tertiary/aromatic N) is 1. The van der Waals surface area contributed by atoms with Crippen LogP contribution in [-0.4, -0.2) is 12.5 Å². The van der Waals surface area contributed by atoms with Crippen molar-refractivity contribution < 1.29 is 13.9 Å². The van der Waals surface area contributed by atoms with Gasteiger partial charge in [-0.15, -0.1) is 0 Å². The van der Waals surface area contributed by atoms with Gasteiger partial charge in [0.2, 0.25) is 0 Å². The molecule has 5 rings (SSSR count). The second-order valence-corrected chi connectivity index (χ2v) is 8.69. The second-order valence-electron chi connectivity index (χ2n) is 7.78. The van der Waals surface area contributed by atoms with E-state index in [0.717, 1.165) is 38.5 Å². The first-order chi connectivity index (χ1) is 16.6. The lowest BCUT2D eigenvalue weighted by Gasteiger charge is -2.21. The Kier molecular flexibility index (Phi) is 6.19. The molecule has 34 heavy (non-hydrogen) atoms. The van der Waals surface area contributed by atoms with Gasteiger partial charge >= 0.3 is 0 Å². The Morgan fingerprint density at radius 2 is 1.71 bits per heavy atom. The summed E-state index contributed by atoms with van der Waals surface area (Å²) < 4.78 is 12.7. The van der Waals surface area contributed by atoms with E-state index >= 15 is 0 Å². The highest BCUT2D eigenvalue weighted by molar-refractivity contribution is 9.10. The van der Waals surface area contributed by atoms with Crippen molar-refractivity contribution in [2.75, 3.05) is 11.5 Å². The maximum atomic E-state index is 13.6. The van der Waals surface area contributed by atoms with Gasteiger partial charge in [-0.25, -0.2) is 0 Å². The third-order valence-corrected chi connectivity index (χ3v) is 6.02. The van der Waals surface area contributed by atoms with Gasteiger partial charge in [-0.2, -0.15) is 0 Å². The van der Waals surface area contributed by atoms with E-state index in [2.05, 4.69) is 15.9 Å². The van der Waals surface area contributed by atoms with Gasteiger partial charge in [-0.1, -0.05) is 64.5 Å². The van der Waals surface area contributed by atoms with E-state index in [4.69, 9.17) is 9.15 Å². The van der Waals surface area contributed by atoms with Crippen molar-refractivity contribution in [1.29, 1.82) is 0 Å². The summed E-state index contributed by atoms with van der Waals surface area (Å²) in [5.41, 5.74) is 4.04. The maximum Gasteiger partial charge on any atom is 0.263 e.